The van der Waals surface area contributed by atoms with E-state index >= 15 is 0 Å². The lowest BCUT2D eigenvalue weighted by atomic mass is 10.0. The highest BCUT2D eigenvalue weighted by atomic mass is 35.5. The third-order valence-corrected chi connectivity index (χ3v) is 4.93. The zero-order valence-corrected chi connectivity index (χ0v) is 15.1. The van der Waals surface area contributed by atoms with E-state index < -0.39 is 0 Å². The Balaban J connectivity index is 1.56. The van der Waals surface area contributed by atoms with Crippen molar-refractivity contribution in [1.29, 1.82) is 0 Å². The van der Waals surface area contributed by atoms with Gasteiger partial charge in [0.05, 0.1) is 31.7 Å². The summed E-state index contributed by atoms with van der Waals surface area (Å²) in [7, 11) is 0. The number of furan rings is 1. The molecule has 7 heteroatoms. The molecular weight excluding hydrogens is 354 g/mol. The number of morpholine rings is 1. The van der Waals surface area contributed by atoms with E-state index in [0.29, 0.717) is 31.2 Å². The molecule has 0 saturated carbocycles. The molecule has 0 radical (unpaired) electrons. The Morgan fingerprint density at radius 3 is 2.65 bits per heavy atom. The standard InChI is InChI=1S/C19H20ClN3O3/c20-15-5-3-14(4-6-15)16-12-17(18-2-1-9-26-18)23(21-16)19(24)13-22-7-10-25-11-8-22/h1-6,9,17H,7-8,10-13H2. The maximum Gasteiger partial charge on any atom is 0.257 e. The quantitative estimate of drug-likeness (QED) is 0.826. The molecule has 0 N–H and O–H groups in total. The van der Waals surface area contributed by atoms with Crippen LogP contribution in [0.15, 0.2) is 52.2 Å². The number of nitrogens with zero attached hydrogens (tertiary/aromatic N) is 3. The minimum absolute atomic E-state index is 0.0303. The van der Waals surface area contributed by atoms with Crippen molar-refractivity contribution in [3.05, 3.63) is 59.0 Å². The summed E-state index contributed by atoms with van der Waals surface area (Å²) in [6.45, 7) is 3.18. The summed E-state index contributed by atoms with van der Waals surface area (Å²) in [6.07, 6.45) is 2.24. The van der Waals surface area contributed by atoms with E-state index in [1.54, 1.807) is 11.3 Å². The van der Waals surface area contributed by atoms with Crippen molar-refractivity contribution in [3.8, 4) is 0 Å². The van der Waals surface area contributed by atoms with E-state index in [9.17, 15) is 4.79 Å². The second kappa shape index (κ2) is 7.61. The van der Waals surface area contributed by atoms with Gasteiger partial charge < -0.3 is 9.15 Å². The molecule has 0 spiro atoms. The second-order valence-corrected chi connectivity index (χ2v) is 6.85. The molecule has 1 aromatic heterocycles. The molecule has 2 aliphatic rings. The van der Waals surface area contributed by atoms with Crippen LogP contribution in [0, 0.1) is 0 Å². The van der Waals surface area contributed by atoms with Crippen LogP contribution in [0.1, 0.15) is 23.8 Å². The molecule has 1 saturated heterocycles. The van der Waals surface area contributed by atoms with Crippen LogP contribution in [-0.4, -0.2) is 54.4 Å². The summed E-state index contributed by atoms with van der Waals surface area (Å²) in [5.74, 6) is 0.713. The predicted octanol–water partition coefficient (Wildman–Crippen LogP) is 2.94. The van der Waals surface area contributed by atoms with Crippen LogP contribution in [0.3, 0.4) is 0 Å². The monoisotopic (exact) mass is 373 g/mol. The minimum Gasteiger partial charge on any atom is -0.467 e. The molecule has 1 fully saturated rings. The highest BCUT2D eigenvalue weighted by Crippen LogP contribution is 2.33. The average molecular weight is 374 g/mol. The first-order valence-corrected chi connectivity index (χ1v) is 9.07. The minimum atomic E-state index is -0.218. The first kappa shape index (κ1) is 17.3. The van der Waals surface area contributed by atoms with Gasteiger partial charge >= 0.3 is 0 Å². The molecule has 26 heavy (non-hydrogen) atoms. The maximum atomic E-state index is 12.9. The van der Waals surface area contributed by atoms with Gasteiger partial charge in [0.15, 0.2) is 0 Å². The summed E-state index contributed by atoms with van der Waals surface area (Å²) in [5, 5.41) is 6.87. The first-order valence-electron chi connectivity index (χ1n) is 8.70. The number of hydrazone groups is 1. The van der Waals surface area contributed by atoms with Gasteiger partial charge in [-0.1, -0.05) is 23.7 Å². The van der Waals surface area contributed by atoms with E-state index in [0.717, 1.165) is 30.1 Å². The first-order chi connectivity index (χ1) is 12.7. The summed E-state index contributed by atoms with van der Waals surface area (Å²) in [4.78, 5) is 15.0. The van der Waals surface area contributed by atoms with Crippen molar-refractivity contribution in [2.75, 3.05) is 32.8 Å². The number of benzene rings is 1. The number of amides is 1. The Bertz CT molecular complexity index is 783. The van der Waals surface area contributed by atoms with E-state index in [1.165, 1.54) is 0 Å². The molecule has 136 valence electrons. The van der Waals surface area contributed by atoms with Gasteiger partial charge in [-0.15, -0.1) is 0 Å². The topological polar surface area (TPSA) is 58.3 Å². The highest BCUT2D eigenvalue weighted by molar-refractivity contribution is 6.30. The molecule has 2 aliphatic heterocycles. The molecular formula is C19H20ClN3O3. The Hall–Kier alpha value is -2.15. The number of carbonyl (C=O) groups is 1. The number of hydrogen-bond donors (Lipinski definition) is 0. The van der Waals surface area contributed by atoms with E-state index in [1.807, 2.05) is 36.4 Å². The molecule has 1 atom stereocenters. The largest absolute Gasteiger partial charge is 0.467 e. The van der Waals surface area contributed by atoms with Crippen LogP contribution in [0.5, 0.6) is 0 Å². The lowest BCUT2D eigenvalue weighted by Gasteiger charge is -2.28. The van der Waals surface area contributed by atoms with Gasteiger partial charge in [-0.3, -0.25) is 9.69 Å². The zero-order valence-electron chi connectivity index (χ0n) is 14.3. The van der Waals surface area contributed by atoms with E-state index in [2.05, 4.69) is 10.0 Å². The number of ether oxygens (including phenoxy) is 1. The van der Waals surface area contributed by atoms with Crippen molar-refractivity contribution >= 4 is 23.2 Å². The molecule has 2 aromatic rings. The fourth-order valence-corrected chi connectivity index (χ4v) is 3.41. The normalized spacial score (nSPS) is 21.0. The molecule has 1 unspecified atom stereocenters. The third kappa shape index (κ3) is 3.67. The van der Waals surface area contributed by atoms with Crippen molar-refractivity contribution in [1.82, 2.24) is 9.91 Å². The average Bonchev–Trinajstić information content (AvgIpc) is 3.33. The van der Waals surface area contributed by atoms with Crippen LogP contribution in [0.4, 0.5) is 0 Å². The van der Waals surface area contributed by atoms with Crippen LogP contribution in [0.25, 0.3) is 0 Å². The Morgan fingerprint density at radius 1 is 1.19 bits per heavy atom. The van der Waals surface area contributed by atoms with Gasteiger partial charge in [0.2, 0.25) is 0 Å². The number of carbonyl (C=O) groups excluding carboxylic acids is 1. The van der Waals surface area contributed by atoms with Crippen molar-refractivity contribution in [2.24, 2.45) is 5.10 Å². The van der Waals surface area contributed by atoms with Crippen LogP contribution >= 0.6 is 11.6 Å². The van der Waals surface area contributed by atoms with Crippen LogP contribution < -0.4 is 0 Å². The Labute approximate surface area is 157 Å². The molecule has 3 heterocycles. The molecule has 0 aliphatic carbocycles. The molecule has 1 aromatic carbocycles. The third-order valence-electron chi connectivity index (χ3n) is 4.68. The van der Waals surface area contributed by atoms with Gasteiger partial charge in [-0.2, -0.15) is 5.10 Å². The molecule has 1 amide bonds. The summed E-state index contributed by atoms with van der Waals surface area (Å²) < 4.78 is 10.9. The van der Waals surface area contributed by atoms with Crippen molar-refractivity contribution in [2.45, 2.75) is 12.5 Å². The SMILES string of the molecule is O=C(CN1CCOCC1)N1N=C(c2ccc(Cl)cc2)CC1c1ccco1. The van der Waals surface area contributed by atoms with Gasteiger partial charge in [0, 0.05) is 24.5 Å². The van der Waals surface area contributed by atoms with Gasteiger partial charge in [0.25, 0.3) is 5.91 Å². The number of hydrogen-bond acceptors (Lipinski definition) is 5. The van der Waals surface area contributed by atoms with Crippen molar-refractivity contribution < 1.29 is 13.9 Å². The predicted molar refractivity (Wildman–Crippen MR) is 98.2 cm³/mol. The van der Waals surface area contributed by atoms with E-state index in [4.69, 9.17) is 20.8 Å². The molecule has 6 nitrogen and oxygen atoms in total. The summed E-state index contributed by atoms with van der Waals surface area (Å²) in [6, 6.07) is 11.0. The smallest absolute Gasteiger partial charge is 0.257 e. The van der Waals surface area contributed by atoms with Crippen LogP contribution in [-0.2, 0) is 9.53 Å². The van der Waals surface area contributed by atoms with Gasteiger partial charge in [0.1, 0.15) is 11.8 Å². The Kier molecular flexibility index (Phi) is 5.06. The lowest BCUT2D eigenvalue weighted by Crippen LogP contribution is -2.43. The van der Waals surface area contributed by atoms with E-state index in [-0.39, 0.29) is 11.9 Å². The fraction of sp³-hybridized carbons (Fsp3) is 0.368. The van der Waals surface area contributed by atoms with Gasteiger partial charge in [-0.05, 0) is 29.8 Å². The van der Waals surface area contributed by atoms with Gasteiger partial charge in [-0.25, -0.2) is 5.01 Å². The zero-order chi connectivity index (χ0) is 17.9. The number of rotatable bonds is 4. The molecule has 0 bridgehead atoms. The lowest BCUT2D eigenvalue weighted by molar-refractivity contribution is -0.135. The van der Waals surface area contributed by atoms with Crippen molar-refractivity contribution in [3.63, 3.8) is 0 Å². The summed E-state index contributed by atoms with van der Waals surface area (Å²) >= 11 is 5.98. The summed E-state index contributed by atoms with van der Waals surface area (Å²) in [5.41, 5.74) is 1.83. The van der Waals surface area contributed by atoms with Crippen LogP contribution in [0.2, 0.25) is 5.02 Å². The molecule has 4 rings (SSSR count). The highest BCUT2D eigenvalue weighted by Gasteiger charge is 2.35. The maximum absolute atomic E-state index is 12.9. The Morgan fingerprint density at radius 2 is 1.96 bits per heavy atom. The fourth-order valence-electron chi connectivity index (χ4n) is 3.28. The second-order valence-electron chi connectivity index (χ2n) is 6.42. The number of halogens is 1.